The minimum Gasteiger partial charge on any atom is -0.396 e. The van der Waals surface area contributed by atoms with E-state index in [0.29, 0.717) is 18.1 Å². The number of piperidine rings is 1. The van der Waals surface area contributed by atoms with Crippen LogP contribution in [0.4, 0.5) is 0 Å². The molecule has 0 spiro atoms. The molecule has 2 fully saturated rings. The molecule has 0 radical (unpaired) electrons. The van der Waals surface area contributed by atoms with Gasteiger partial charge in [0.05, 0.1) is 6.61 Å². The van der Waals surface area contributed by atoms with Crippen LogP contribution in [0.3, 0.4) is 0 Å². The maximum Gasteiger partial charge on any atom is 0.0502 e. The van der Waals surface area contributed by atoms with Gasteiger partial charge >= 0.3 is 0 Å². The summed E-state index contributed by atoms with van der Waals surface area (Å²) in [5, 5.41) is 9.26. The Morgan fingerprint density at radius 1 is 1.58 bits per heavy atom. The van der Waals surface area contributed by atoms with Crippen molar-refractivity contribution < 1.29 is 5.11 Å². The second-order valence-corrected chi connectivity index (χ2v) is 4.77. The normalized spacial score (nSPS) is 41.5. The number of aliphatic hydroxyl groups is 1. The molecule has 2 heteroatoms. The van der Waals surface area contributed by atoms with E-state index in [-0.39, 0.29) is 0 Å². The lowest BCUT2D eigenvalue weighted by Gasteiger charge is -2.34. The monoisotopic (exact) mass is 169 g/mol. The Morgan fingerprint density at radius 3 is 2.92 bits per heavy atom. The van der Waals surface area contributed by atoms with Gasteiger partial charge in [-0.05, 0) is 39.2 Å². The third-order valence-electron chi connectivity index (χ3n) is 3.69. The quantitative estimate of drug-likeness (QED) is 0.669. The molecule has 1 heterocycles. The molecule has 2 unspecified atom stereocenters. The lowest BCUT2D eigenvalue weighted by atomic mass is 9.97. The van der Waals surface area contributed by atoms with Crippen LogP contribution in [0.1, 0.15) is 26.7 Å². The summed E-state index contributed by atoms with van der Waals surface area (Å²) in [6.45, 7) is 7.26. The van der Waals surface area contributed by atoms with Crippen LogP contribution in [0, 0.1) is 11.3 Å². The molecule has 2 atom stereocenters. The van der Waals surface area contributed by atoms with Crippen LogP contribution in [0.5, 0.6) is 0 Å². The van der Waals surface area contributed by atoms with Gasteiger partial charge < -0.3 is 10.0 Å². The van der Waals surface area contributed by atoms with Gasteiger partial charge in [0.2, 0.25) is 0 Å². The van der Waals surface area contributed by atoms with Crippen molar-refractivity contribution in [2.75, 3.05) is 19.7 Å². The number of nitrogens with zero attached hydrogens (tertiary/aromatic N) is 1. The topological polar surface area (TPSA) is 23.5 Å². The number of hydrogen-bond donors (Lipinski definition) is 1. The number of rotatable bonds is 2. The molecule has 0 aromatic carbocycles. The van der Waals surface area contributed by atoms with Crippen LogP contribution >= 0.6 is 0 Å². The lowest BCUT2D eigenvalue weighted by Crippen LogP contribution is -2.42. The van der Waals surface area contributed by atoms with Crippen molar-refractivity contribution in [3.05, 3.63) is 0 Å². The van der Waals surface area contributed by atoms with Crippen molar-refractivity contribution in [1.29, 1.82) is 0 Å². The summed E-state index contributed by atoms with van der Waals surface area (Å²) >= 11 is 0. The number of hydrogen-bond acceptors (Lipinski definition) is 2. The lowest BCUT2D eigenvalue weighted by molar-refractivity contribution is 0.0868. The molecular formula is C10H19NO. The summed E-state index contributed by atoms with van der Waals surface area (Å²) in [5.74, 6) is 0.845. The van der Waals surface area contributed by atoms with E-state index in [9.17, 15) is 5.11 Å². The predicted octanol–water partition coefficient (Wildman–Crippen LogP) is 1.10. The predicted molar refractivity (Wildman–Crippen MR) is 49.0 cm³/mol. The first-order valence-corrected chi connectivity index (χ1v) is 5.03. The zero-order valence-electron chi connectivity index (χ0n) is 8.08. The van der Waals surface area contributed by atoms with E-state index in [2.05, 4.69) is 18.7 Å². The number of likely N-dealkylation sites (tertiary alicyclic amines) is 1. The Labute approximate surface area is 74.6 Å². The molecule has 0 amide bonds. The molecule has 2 aliphatic rings. The highest BCUT2D eigenvalue weighted by atomic mass is 16.3. The maximum absolute atomic E-state index is 9.26. The minimum absolute atomic E-state index is 0.322. The first kappa shape index (κ1) is 8.52. The molecule has 0 aromatic heterocycles. The molecule has 0 bridgehead atoms. The molecule has 12 heavy (non-hydrogen) atoms. The highest BCUT2D eigenvalue weighted by Crippen LogP contribution is 2.57. The van der Waals surface area contributed by atoms with Crippen molar-refractivity contribution in [2.24, 2.45) is 11.3 Å². The third kappa shape index (κ3) is 1.17. The molecular weight excluding hydrogens is 150 g/mol. The summed E-state index contributed by atoms with van der Waals surface area (Å²) in [6.07, 6.45) is 2.57. The van der Waals surface area contributed by atoms with Gasteiger partial charge in [0.1, 0.15) is 0 Å². The fourth-order valence-electron chi connectivity index (χ4n) is 2.52. The molecule has 1 N–H and O–H groups in total. The average Bonchev–Trinajstić information content (AvgIpc) is 2.77. The van der Waals surface area contributed by atoms with Crippen LogP contribution < -0.4 is 0 Å². The highest BCUT2D eigenvalue weighted by molar-refractivity contribution is 5.06. The molecule has 1 saturated carbocycles. The van der Waals surface area contributed by atoms with Gasteiger partial charge in [-0.2, -0.15) is 0 Å². The van der Waals surface area contributed by atoms with Crippen molar-refractivity contribution in [3.8, 4) is 0 Å². The summed E-state index contributed by atoms with van der Waals surface area (Å²) in [4.78, 5) is 2.50. The standard InChI is InChI=1S/C10H19NO/c1-8(2)11-4-3-9-5-10(9,6-11)7-12/h8-9,12H,3-7H2,1-2H3. The Balaban J connectivity index is 1.98. The fourth-order valence-corrected chi connectivity index (χ4v) is 2.52. The van der Waals surface area contributed by atoms with Crippen LogP contribution in [0.25, 0.3) is 0 Å². The highest BCUT2D eigenvalue weighted by Gasteiger charge is 2.56. The summed E-state index contributed by atoms with van der Waals surface area (Å²) in [7, 11) is 0. The fraction of sp³-hybridized carbons (Fsp3) is 1.00. The zero-order valence-corrected chi connectivity index (χ0v) is 8.08. The van der Waals surface area contributed by atoms with Gasteiger partial charge in [0, 0.05) is 18.0 Å². The molecule has 1 saturated heterocycles. The van der Waals surface area contributed by atoms with Gasteiger partial charge in [0.15, 0.2) is 0 Å². The Hall–Kier alpha value is -0.0800. The minimum atomic E-state index is 0.322. The van der Waals surface area contributed by atoms with Gasteiger partial charge in [-0.25, -0.2) is 0 Å². The average molecular weight is 169 g/mol. The van der Waals surface area contributed by atoms with E-state index in [0.717, 1.165) is 12.5 Å². The van der Waals surface area contributed by atoms with Crippen molar-refractivity contribution >= 4 is 0 Å². The van der Waals surface area contributed by atoms with Crippen LogP contribution in [0.15, 0.2) is 0 Å². The summed E-state index contributed by atoms with van der Waals surface area (Å²) < 4.78 is 0. The van der Waals surface area contributed by atoms with E-state index in [1.54, 1.807) is 0 Å². The molecule has 70 valence electrons. The largest absolute Gasteiger partial charge is 0.396 e. The van der Waals surface area contributed by atoms with Gasteiger partial charge in [-0.15, -0.1) is 0 Å². The van der Waals surface area contributed by atoms with Crippen LogP contribution in [-0.2, 0) is 0 Å². The van der Waals surface area contributed by atoms with E-state index < -0.39 is 0 Å². The third-order valence-corrected chi connectivity index (χ3v) is 3.69. The second kappa shape index (κ2) is 2.71. The smallest absolute Gasteiger partial charge is 0.0502 e. The van der Waals surface area contributed by atoms with Crippen LogP contribution in [0.2, 0.25) is 0 Å². The molecule has 0 aromatic rings. The van der Waals surface area contributed by atoms with Gasteiger partial charge in [-0.3, -0.25) is 0 Å². The maximum atomic E-state index is 9.26. The number of aliphatic hydroxyl groups excluding tert-OH is 1. The first-order valence-electron chi connectivity index (χ1n) is 5.03. The Kier molecular flexibility index (Phi) is 1.92. The van der Waals surface area contributed by atoms with E-state index in [4.69, 9.17) is 0 Å². The summed E-state index contributed by atoms with van der Waals surface area (Å²) in [6, 6.07) is 0.648. The summed E-state index contributed by atoms with van der Waals surface area (Å²) in [5.41, 5.74) is 0.322. The van der Waals surface area contributed by atoms with E-state index in [1.165, 1.54) is 19.4 Å². The van der Waals surface area contributed by atoms with Gasteiger partial charge in [0.25, 0.3) is 0 Å². The van der Waals surface area contributed by atoms with E-state index >= 15 is 0 Å². The SMILES string of the molecule is CC(C)N1CCC2CC2(CO)C1. The molecule has 2 rings (SSSR count). The zero-order chi connectivity index (χ0) is 8.77. The Morgan fingerprint density at radius 2 is 2.33 bits per heavy atom. The molecule has 2 nitrogen and oxygen atoms in total. The van der Waals surface area contributed by atoms with Crippen molar-refractivity contribution in [2.45, 2.75) is 32.7 Å². The number of fused-ring (bicyclic) bond motifs is 1. The van der Waals surface area contributed by atoms with E-state index in [1.807, 2.05) is 0 Å². The molecule has 1 aliphatic heterocycles. The Bertz CT molecular complexity index is 181. The first-order chi connectivity index (χ1) is 5.68. The van der Waals surface area contributed by atoms with Crippen molar-refractivity contribution in [1.82, 2.24) is 4.90 Å². The van der Waals surface area contributed by atoms with Gasteiger partial charge in [-0.1, -0.05) is 0 Å². The van der Waals surface area contributed by atoms with Crippen LogP contribution in [-0.4, -0.2) is 35.7 Å². The molecule has 1 aliphatic carbocycles. The van der Waals surface area contributed by atoms with Crippen molar-refractivity contribution in [3.63, 3.8) is 0 Å². The second-order valence-electron chi connectivity index (χ2n) is 4.77.